The van der Waals surface area contributed by atoms with Crippen molar-refractivity contribution in [2.45, 2.75) is 83.2 Å². The lowest BCUT2D eigenvalue weighted by molar-refractivity contribution is 0.161. The van der Waals surface area contributed by atoms with Crippen LogP contribution in [0.15, 0.2) is 42.5 Å². The Labute approximate surface area is 196 Å². The van der Waals surface area contributed by atoms with Gasteiger partial charge in [0.1, 0.15) is 5.82 Å². The van der Waals surface area contributed by atoms with Crippen molar-refractivity contribution >= 4 is 16.6 Å². The molecule has 0 heterocycles. The van der Waals surface area contributed by atoms with Crippen molar-refractivity contribution in [3.8, 4) is 11.1 Å². The molecule has 5 heteroatoms. The van der Waals surface area contributed by atoms with E-state index in [0.717, 1.165) is 23.2 Å². The van der Waals surface area contributed by atoms with E-state index in [4.69, 9.17) is 8.85 Å². The third-order valence-corrected chi connectivity index (χ3v) is 11.9. The summed E-state index contributed by atoms with van der Waals surface area (Å²) in [6.07, 6.45) is 4.76. The van der Waals surface area contributed by atoms with E-state index < -0.39 is 22.0 Å². The van der Waals surface area contributed by atoms with Gasteiger partial charge < -0.3 is 8.85 Å². The molecule has 176 valence electrons. The lowest BCUT2D eigenvalue weighted by atomic mass is 9.80. The summed E-state index contributed by atoms with van der Waals surface area (Å²) < 4.78 is 28.1. The van der Waals surface area contributed by atoms with E-state index in [-0.39, 0.29) is 5.82 Å². The molecule has 2 aromatic carbocycles. The van der Waals surface area contributed by atoms with Gasteiger partial charge in [-0.25, -0.2) is 4.39 Å². The first-order chi connectivity index (χ1) is 15.1. The monoisotopic (exact) mass is 472 g/mol. The maximum atomic E-state index is 14.5. The van der Waals surface area contributed by atoms with E-state index in [2.05, 4.69) is 64.3 Å². The molecule has 1 aliphatic rings. The SMILES string of the molecule is CCCC[Si](C)(C)OCC1(CO[Si](C)(C)CCCC)c2ccccc2-c2ccc(F)cc21. The highest BCUT2D eigenvalue weighted by Crippen LogP contribution is 2.50. The van der Waals surface area contributed by atoms with Crippen molar-refractivity contribution in [1.29, 1.82) is 0 Å². The molecule has 0 aromatic heterocycles. The summed E-state index contributed by atoms with van der Waals surface area (Å²) in [4.78, 5) is 0. The lowest BCUT2D eigenvalue weighted by Gasteiger charge is -2.38. The first-order valence-electron chi connectivity index (χ1n) is 12.3. The fourth-order valence-corrected chi connectivity index (χ4v) is 8.74. The van der Waals surface area contributed by atoms with Gasteiger partial charge in [-0.1, -0.05) is 69.9 Å². The summed E-state index contributed by atoms with van der Waals surface area (Å²) in [6, 6.07) is 16.1. The standard InChI is InChI=1S/C27H41FO2Si2/c1-7-9-17-31(3,4)29-20-27(21-30-32(5,6)18-10-8-2)25-14-12-11-13-23(25)24-16-15-22(28)19-26(24)27/h11-16,19H,7-10,17-18,20-21H2,1-6H3. The molecule has 0 radical (unpaired) electrons. The molecule has 3 rings (SSSR count). The summed E-state index contributed by atoms with van der Waals surface area (Å²) >= 11 is 0. The fourth-order valence-electron chi connectivity index (χ4n) is 4.77. The first-order valence-corrected chi connectivity index (χ1v) is 18.5. The summed E-state index contributed by atoms with van der Waals surface area (Å²) in [7, 11) is -3.66. The number of halogens is 1. The molecule has 0 bridgehead atoms. The van der Waals surface area contributed by atoms with Gasteiger partial charge in [-0.3, -0.25) is 0 Å². The summed E-state index contributed by atoms with van der Waals surface area (Å²) in [6.45, 7) is 14.8. The molecule has 0 aliphatic heterocycles. The smallest absolute Gasteiger partial charge is 0.186 e. The highest BCUT2D eigenvalue weighted by molar-refractivity contribution is 6.71. The number of unbranched alkanes of at least 4 members (excludes halogenated alkanes) is 2. The van der Waals surface area contributed by atoms with Gasteiger partial charge in [0.15, 0.2) is 16.6 Å². The average Bonchev–Trinajstić information content (AvgIpc) is 3.03. The molecule has 0 saturated heterocycles. The van der Waals surface area contributed by atoms with Crippen molar-refractivity contribution in [3.63, 3.8) is 0 Å². The summed E-state index contributed by atoms with van der Waals surface area (Å²) in [5, 5.41) is 0. The van der Waals surface area contributed by atoms with Crippen molar-refractivity contribution in [2.75, 3.05) is 13.2 Å². The Balaban J connectivity index is 2.02. The summed E-state index contributed by atoms with van der Waals surface area (Å²) in [5.74, 6) is -0.189. The molecular weight excluding hydrogens is 431 g/mol. The number of rotatable bonds is 12. The van der Waals surface area contributed by atoms with Gasteiger partial charge in [0, 0.05) is 13.2 Å². The topological polar surface area (TPSA) is 18.5 Å². The Kier molecular flexibility index (Phi) is 8.18. The number of benzene rings is 2. The molecule has 2 nitrogen and oxygen atoms in total. The Hall–Kier alpha value is -1.28. The Morgan fingerprint density at radius 3 is 1.84 bits per heavy atom. The highest BCUT2D eigenvalue weighted by atomic mass is 28.4. The lowest BCUT2D eigenvalue weighted by Crippen LogP contribution is -2.45. The molecule has 0 unspecified atom stereocenters. The molecular formula is C27H41FO2Si2. The van der Waals surface area contributed by atoms with Crippen LogP contribution < -0.4 is 0 Å². The molecule has 0 fully saturated rings. The van der Waals surface area contributed by atoms with E-state index in [1.165, 1.54) is 36.8 Å². The van der Waals surface area contributed by atoms with Crippen LogP contribution in [0.1, 0.15) is 50.7 Å². The first kappa shape index (κ1) is 25.3. The Morgan fingerprint density at radius 2 is 1.28 bits per heavy atom. The largest absolute Gasteiger partial charge is 0.416 e. The van der Waals surface area contributed by atoms with Crippen molar-refractivity contribution in [1.82, 2.24) is 0 Å². The van der Waals surface area contributed by atoms with Gasteiger partial charge in [-0.15, -0.1) is 0 Å². The van der Waals surface area contributed by atoms with Gasteiger partial charge in [0.2, 0.25) is 0 Å². The van der Waals surface area contributed by atoms with Gasteiger partial charge in [-0.2, -0.15) is 0 Å². The van der Waals surface area contributed by atoms with E-state index in [9.17, 15) is 4.39 Å². The number of hydrogen-bond donors (Lipinski definition) is 0. The second-order valence-corrected chi connectivity index (χ2v) is 19.2. The zero-order valence-electron chi connectivity index (χ0n) is 20.9. The molecule has 0 spiro atoms. The van der Waals surface area contributed by atoms with Crippen LogP contribution in [0.3, 0.4) is 0 Å². The number of hydrogen-bond acceptors (Lipinski definition) is 2. The van der Waals surface area contributed by atoms with Crippen LogP contribution in [-0.2, 0) is 14.3 Å². The zero-order valence-corrected chi connectivity index (χ0v) is 22.9. The van der Waals surface area contributed by atoms with E-state index >= 15 is 0 Å². The third kappa shape index (κ3) is 5.61. The molecule has 1 aliphatic carbocycles. The quantitative estimate of drug-likeness (QED) is 0.290. The van der Waals surface area contributed by atoms with Gasteiger partial charge in [0.05, 0.1) is 5.41 Å². The minimum absolute atomic E-state index is 0.189. The van der Waals surface area contributed by atoms with E-state index in [1.54, 1.807) is 12.1 Å². The molecule has 0 N–H and O–H groups in total. The molecule has 0 amide bonds. The minimum Gasteiger partial charge on any atom is -0.416 e. The Morgan fingerprint density at radius 1 is 0.750 bits per heavy atom. The van der Waals surface area contributed by atoms with Gasteiger partial charge in [-0.05, 0) is 72.7 Å². The van der Waals surface area contributed by atoms with Gasteiger partial charge >= 0.3 is 0 Å². The fraction of sp³-hybridized carbons (Fsp3) is 0.556. The summed E-state index contributed by atoms with van der Waals surface area (Å²) in [5.41, 5.74) is 4.10. The molecule has 32 heavy (non-hydrogen) atoms. The van der Waals surface area contributed by atoms with Crippen LogP contribution in [-0.4, -0.2) is 29.8 Å². The van der Waals surface area contributed by atoms with Crippen molar-refractivity contribution in [2.24, 2.45) is 0 Å². The van der Waals surface area contributed by atoms with Crippen LogP contribution in [0, 0.1) is 5.82 Å². The second kappa shape index (κ2) is 10.3. The molecule has 0 atom stereocenters. The average molecular weight is 473 g/mol. The van der Waals surface area contributed by atoms with E-state index in [0.29, 0.717) is 13.2 Å². The second-order valence-electron chi connectivity index (χ2n) is 10.6. The van der Waals surface area contributed by atoms with Crippen LogP contribution in [0.25, 0.3) is 11.1 Å². The maximum absolute atomic E-state index is 14.5. The van der Waals surface area contributed by atoms with Gasteiger partial charge in [0.25, 0.3) is 0 Å². The molecule has 2 aromatic rings. The van der Waals surface area contributed by atoms with Crippen LogP contribution in [0.4, 0.5) is 4.39 Å². The third-order valence-electron chi connectivity index (χ3n) is 6.91. The Bertz CT molecular complexity index is 886. The van der Waals surface area contributed by atoms with Crippen LogP contribution >= 0.6 is 0 Å². The van der Waals surface area contributed by atoms with Crippen LogP contribution in [0.2, 0.25) is 38.3 Å². The van der Waals surface area contributed by atoms with Crippen molar-refractivity contribution in [3.05, 3.63) is 59.4 Å². The maximum Gasteiger partial charge on any atom is 0.186 e. The van der Waals surface area contributed by atoms with E-state index in [1.807, 2.05) is 6.07 Å². The van der Waals surface area contributed by atoms with Crippen LogP contribution in [0.5, 0.6) is 0 Å². The zero-order chi connectivity index (χ0) is 23.4. The minimum atomic E-state index is -1.83. The predicted octanol–water partition coefficient (Wildman–Crippen LogP) is 8.14. The predicted molar refractivity (Wildman–Crippen MR) is 139 cm³/mol. The molecule has 0 saturated carbocycles. The number of fused-ring (bicyclic) bond motifs is 3. The van der Waals surface area contributed by atoms with Crippen molar-refractivity contribution < 1.29 is 13.2 Å². The highest BCUT2D eigenvalue weighted by Gasteiger charge is 2.46. The normalized spacial score (nSPS) is 15.0.